The number of hydrogen-bond acceptors (Lipinski definition) is 0. The van der Waals surface area contributed by atoms with Gasteiger partial charge in [0.25, 0.3) is 0 Å². The van der Waals surface area contributed by atoms with Crippen LogP contribution in [0.15, 0.2) is 17.7 Å². The molecule has 0 spiro atoms. The Morgan fingerprint density at radius 2 is 1.71 bits per heavy atom. The highest BCUT2D eigenvalue weighted by molar-refractivity contribution is 5.73. The molecule has 0 nitrogen and oxygen atoms in total. The highest BCUT2D eigenvalue weighted by Crippen LogP contribution is 2.34. The van der Waals surface area contributed by atoms with E-state index in [1.165, 1.54) is 27.8 Å². The van der Waals surface area contributed by atoms with Gasteiger partial charge in [-0.1, -0.05) is 37.6 Å². The second-order valence-corrected chi connectivity index (χ2v) is 4.49. The Balaban J connectivity index is 2.61. The predicted octanol–water partition coefficient (Wildman–Crippen LogP) is 4.09. The average Bonchev–Trinajstić information content (AvgIpc) is 2.47. The summed E-state index contributed by atoms with van der Waals surface area (Å²) in [5, 5.41) is 0. The second-order valence-electron chi connectivity index (χ2n) is 4.49. The van der Waals surface area contributed by atoms with Crippen molar-refractivity contribution in [1.29, 1.82) is 0 Å². The molecule has 0 bridgehead atoms. The molecule has 1 aliphatic carbocycles. The summed E-state index contributed by atoms with van der Waals surface area (Å²) in [6.45, 7) is 8.87. The van der Waals surface area contributed by atoms with E-state index in [9.17, 15) is 0 Å². The minimum absolute atomic E-state index is 0.611. The van der Waals surface area contributed by atoms with E-state index < -0.39 is 0 Å². The van der Waals surface area contributed by atoms with Gasteiger partial charge < -0.3 is 0 Å². The second kappa shape index (κ2) is 3.27. The molecule has 0 heterocycles. The number of benzene rings is 1. The summed E-state index contributed by atoms with van der Waals surface area (Å²) in [5.74, 6) is 0.611. The van der Waals surface area contributed by atoms with Crippen LogP contribution in [0.2, 0.25) is 0 Å². The molecule has 0 amide bonds. The van der Waals surface area contributed by atoms with E-state index in [4.69, 9.17) is 0 Å². The fourth-order valence-electron chi connectivity index (χ4n) is 2.12. The lowest BCUT2D eigenvalue weighted by Gasteiger charge is -2.12. The first-order chi connectivity index (χ1) is 6.59. The zero-order valence-corrected chi connectivity index (χ0v) is 9.39. The number of aryl methyl sites for hydroxylation is 1. The minimum Gasteiger partial charge on any atom is -0.0642 e. The summed E-state index contributed by atoms with van der Waals surface area (Å²) < 4.78 is 0. The minimum atomic E-state index is 0.611. The molecule has 73 valence electrons. The van der Waals surface area contributed by atoms with Gasteiger partial charge in [0.2, 0.25) is 0 Å². The Bertz CT molecular complexity index is 395. The fourth-order valence-corrected chi connectivity index (χ4v) is 2.12. The van der Waals surface area contributed by atoms with E-state index in [1.54, 1.807) is 0 Å². The van der Waals surface area contributed by atoms with Crippen molar-refractivity contribution >= 4 is 6.08 Å². The third-order valence-electron chi connectivity index (χ3n) is 2.90. The van der Waals surface area contributed by atoms with Crippen LogP contribution in [0.4, 0.5) is 0 Å². The van der Waals surface area contributed by atoms with Crippen LogP contribution in [-0.2, 0) is 0 Å². The van der Waals surface area contributed by atoms with Crippen molar-refractivity contribution in [2.45, 2.75) is 33.6 Å². The summed E-state index contributed by atoms with van der Waals surface area (Å²) >= 11 is 0. The first-order valence-electron chi connectivity index (χ1n) is 5.26. The van der Waals surface area contributed by atoms with E-state index in [0.29, 0.717) is 5.92 Å². The van der Waals surface area contributed by atoms with Gasteiger partial charge in [-0.25, -0.2) is 0 Å². The molecule has 0 saturated carbocycles. The number of fused-ring (bicyclic) bond motifs is 1. The van der Waals surface area contributed by atoms with Crippen LogP contribution >= 0.6 is 0 Å². The van der Waals surface area contributed by atoms with Gasteiger partial charge in [0.05, 0.1) is 0 Å². The number of hydrogen-bond donors (Lipinski definition) is 0. The summed E-state index contributed by atoms with van der Waals surface area (Å²) in [6, 6.07) is 4.50. The van der Waals surface area contributed by atoms with Gasteiger partial charge in [-0.15, -0.1) is 0 Å². The maximum absolute atomic E-state index is 2.30. The Kier molecular flexibility index (Phi) is 2.22. The van der Waals surface area contributed by atoms with Crippen LogP contribution in [0.5, 0.6) is 0 Å². The third kappa shape index (κ3) is 1.39. The molecule has 0 heteroatoms. The van der Waals surface area contributed by atoms with E-state index >= 15 is 0 Å². The highest BCUT2D eigenvalue weighted by Gasteiger charge is 2.17. The zero-order chi connectivity index (χ0) is 10.3. The van der Waals surface area contributed by atoms with Crippen LogP contribution in [0.3, 0.4) is 0 Å². The van der Waals surface area contributed by atoms with Crippen LogP contribution in [0.25, 0.3) is 6.08 Å². The van der Waals surface area contributed by atoms with Crippen LogP contribution in [0, 0.1) is 13.3 Å². The summed E-state index contributed by atoms with van der Waals surface area (Å²) in [7, 11) is 0. The molecule has 0 N–H and O–H groups in total. The van der Waals surface area contributed by atoms with Crippen molar-refractivity contribution in [3.63, 3.8) is 0 Å². The quantitative estimate of drug-likeness (QED) is 0.618. The molecule has 0 saturated heterocycles. The molecule has 1 aromatic rings. The van der Waals surface area contributed by atoms with Gasteiger partial charge >= 0.3 is 0 Å². The maximum atomic E-state index is 2.30. The standard InChI is InChI=1S/C14H17/c1-9(2)12-6-5-11(4)13-7-10(3)8-14(12)13/h5-9H,1-4H3. The normalized spacial score (nSPS) is 14.5. The SMILES string of the molecule is CC1=Cc2c(C(C)C)ccc(C)c2[CH]1. The van der Waals surface area contributed by atoms with Gasteiger partial charge in [0.1, 0.15) is 0 Å². The lowest BCUT2D eigenvalue weighted by molar-refractivity contribution is 0.862. The largest absolute Gasteiger partial charge is 0.0642 e. The van der Waals surface area contributed by atoms with Gasteiger partial charge in [-0.2, -0.15) is 0 Å². The van der Waals surface area contributed by atoms with Crippen molar-refractivity contribution in [3.8, 4) is 0 Å². The van der Waals surface area contributed by atoms with Crippen molar-refractivity contribution in [1.82, 2.24) is 0 Å². The lowest BCUT2D eigenvalue weighted by Crippen LogP contribution is -1.95. The van der Waals surface area contributed by atoms with E-state index in [-0.39, 0.29) is 0 Å². The summed E-state index contributed by atoms with van der Waals surface area (Å²) in [5.41, 5.74) is 7.10. The molecule has 2 rings (SSSR count). The van der Waals surface area contributed by atoms with E-state index in [0.717, 1.165) is 0 Å². The zero-order valence-electron chi connectivity index (χ0n) is 9.39. The fraction of sp³-hybridized carbons (Fsp3) is 0.357. The van der Waals surface area contributed by atoms with E-state index in [1.807, 2.05) is 0 Å². The molecule has 0 aromatic heterocycles. The predicted molar refractivity (Wildman–Crippen MR) is 62.3 cm³/mol. The van der Waals surface area contributed by atoms with Crippen LogP contribution in [-0.4, -0.2) is 0 Å². The van der Waals surface area contributed by atoms with Crippen LogP contribution in [0.1, 0.15) is 48.9 Å². The molecule has 1 radical (unpaired) electrons. The number of rotatable bonds is 1. The topological polar surface area (TPSA) is 0 Å². The van der Waals surface area contributed by atoms with Crippen molar-refractivity contribution in [2.24, 2.45) is 0 Å². The summed E-state index contributed by atoms with van der Waals surface area (Å²) in [4.78, 5) is 0. The molecular formula is C14H17. The molecule has 1 aliphatic rings. The van der Waals surface area contributed by atoms with Gasteiger partial charge in [-0.05, 0) is 42.0 Å². The van der Waals surface area contributed by atoms with Gasteiger partial charge in [-0.3, -0.25) is 0 Å². The smallest absolute Gasteiger partial charge is 0.0164 e. The molecule has 0 atom stereocenters. The molecule has 1 aromatic carbocycles. The van der Waals surface area contributed by atoms with Crippen molar-refractivity contribution in [2.75, 3.05) is 0 Å². The number of allylic oxidation sites excluding steroid dienone is 1. The van der Waals surface area contributed by atoms with Crippen molar-refractivity contribution < 1.29 is 0 Å². The molecule has 0 aliphatic heterocycles. The van der Waals surface area contributed by atoms with Gasteiger partial charge in [0, 0.05) is 6.42 Å². The Morgan fingerprint density at radius 3 is 2.36 bits per heavy atom. The van der Waals surface area contributed by atoms with Gasteiger partial charge in [0.15, 0.2) is 0 Å². The Hall–Kier alpha value is -1.04. The molecule has 0 fully saturated rings. The summed E-state index contributed by atoms with van der Waals surface area (Å²) in [6.07, 6.45) is 4.59. The Labute approximate surface area is 86.7 Å². The first-order valence-corrected chi connectivity index (χ1v) is 5.26. The maximum Gasteiger partial charge on any atom is 0.0164 e. The average molecular weight is 185 g/mol. The lowest BCUT2D eigenvalue weighted by atomic mass is 9.92. The first kappa shape index (κ1) is 9.51. The van der Waals surface area contributed by atoms with Crippen molar-refractivity contribution in [3.05, 3.63) is 46.4 Å². The van der Waals surface area contributed by atoms with Crippen LogP contribution < -0.4 is 0 Å². The molecular weight excluding hydrogens is 168 g/mol. The van der Waals surface area contributed by atoms with E-state index in [2.05, 4.69) is 52.3 Å². The highest BCUT2D eigenvalue weighted by atomic mass is 14.2. The monoisotopic (exact) mass is 185 g/mol. The molecule has 0 unspecified atom stereocenters. The molecule has 14 heavy (non-hydrogen) atoms. The third-order valence-corrected chi connectivity index (χ3v) is 2.90. The Morgan fingerprint density at radius 1 is 1.00 bits per heavy atom.